The van der Waals surface area contributed by atoms with E-state index in [-0.39, 0.29) is 30.6 Å². The van der Waals surface area contributed by atoms with Crippen molar-refractivity contribution in [2.75, 3.05) is 6.61 Å². The molecule has 4 aliphatic carbocycles. The zero-order valence-electron chi connectivity index (χ0n) is 24.4. The molecular formula is C32H38O9. The zero-order chi connectivity index (χ0) is 29.7. The highest BCUT2D eigenvalue weighted by molar-refractivity contribution is 5.97. The van der Waals surface area contributed by atoms with Crippen molar-refractivity contribution in [2.24, 2.45) is 28.6 Å². The van der Waals surface area contributed by atoms with Crippen LogP contribution >= 0.6 is 0 Å². The second kappa shape index (κ2) is 8.98. The molecule has 1 unspecified atom stereocenters. The molecule has 1 aliphatic heterocycles. The molecule has 0 amide bonds. The molecule has 1 saturated heterocycles. The number of rotatable bonds is 4. The van der Waals surface area contributed by atoms with Crippen molar-refractivity contribution in [3.05, 3.63) is 47.0 Å². The predicted molar refractivity (Wildman–Crippen MR) is 144 cm³/mol. The van der Waals surface area contributed by atoms with Gasteiger partial charge in [-0.05, 0) is 55.7 Å². The van der Waals surface area contributed by atoms with Gasteiger partial charge in [0.25, 0.3) is 0 Å². The average Bonchev–Trinajstić information content (AvgIpc) is 3.62. The van der Waals surface area contributed by atoms with Gasteiger partial charge >= 0.3 is 17.9 Å². The summed E-state index contributed by atoms with van der Waals surface area (Å²) in [6.45, 7) is 10.1. The number of ether oxygens (including phenoxy) is 4. The fraction of sp³-hybridized carbons (Fsp3) is 0.625. The Morgan fingerprint density at radius 2 is 1.71 bits per heavy atom. The third-order valence-corrected chi connectivity index (χ3v) is 10.9. The zero-order valence-corrected chi connectivity index (χ0v) is 24.4. The smallest absolute Gasteiger partial charge is 0.338 e. The summed E-state index contributed by atoms with van der Waals surface area (Å²) in [7, 11) is 0. The number of ketones is 1. The van der Waals surface area contributed by atoms with E-state index in [1.807, 2.05) is 27.7 Å². The first-order chi connectivity index (χ1) is 19.2. The Bertz CT molecular complexity index is 1360. The van der Waals surface area contributed by atoms with Gasteiger partial charge in [0.2, 0.25) is 0 Å². The first kappa shape index (κ1) is 28.1. The van der Waals surface area contributed by atoms with Crippen molar-refractivity contribution in [3.63, 3.8) is 0 Å². The number of Topliss-reactive ketones (excluding diaryl/α,β-unsaturated/α-hetero) is 1. The van der Waals surface area contributed by atoms with Gasteiger partial charge in [0.1, 0.15) is 17.8 Å². The van der Waals surface area contributed by atoms with E-state index in [2.05, 4.69) is 0 Å². The summed E-state index contributed by atoms with van der Waals surface area (Å²) >= 11 is 0. The monoisotopic (exact) mass is 566 g/mol. The maximum Gasteiger partial charge on any atom is 0.338 e. The molecule has 1 aromatic carbocycles. The molecule has 1 N–H and O–H groups in total. The van der Waals surface area contributed by atoms with Gasteiger partial charge in [-0.25, -0.2) is 4.79 Å². The standard InChI is InChI=1S/C32H38O9/c1-16-13-32(37)27(40-28(36)20-10-8-7-9-11-20)25-30(14-21(30)12-22-31(25,15-38-22)41-19(4)34)26(35)24(39-18(3)33)23(17(16)2)29(32,5)6/h7-11,16,21-22,24-25,27,37H,12-15H2,1-6H3/t16-,21+,22+,24+,25-,27-,30+,31?,32+/m0/s1. The van der Waals surface area contributed by atoms with Gasteiger partial charge in [-0.3, -0.25) is 14.4 Å². The Morgan fingerprint density at radius 3 is 2.29 bits per heavy atom. The second-order valence-electron chi connectivity index (χ2n) is 13.3. The molecule has 9 heteroatoms. The van der Waals surface area contributed by atoms with Crippen molar-refractivity contribution in [1.82, 2.24) is 0 Å². The quantitative estimate of drug-likeness (QED) is 0.331. The molecule has 0 radical (unpaired) electrons. The Labute approximate surface area is 239 Å². The molecule has 3 saturated carbocycles. The van der Waals surface area contributed by atoms with Crippen molar-refractivity contribution in [2.45, 2.75) is 90.3 Å². The molecule has 9 atom stereocenters. The van der Waals surface area contributed by atoms with Gasteiger partial charge < -0.3 is 24.1 Å². The molecule has 1 heterocycles. The summed E-state index contributed by atoms with van der Waals surface area (Å²) in [5.74, 6) is -3.39. The number of aliphatic hydroxyl groups is 1. The average molecular weight is 567 g/mol. The minimum atomic E-state index is -1.71. The van der Waals surface area contributed by atoms with E-state index in [9.17, 15) is 24.3 Å². The predicted octanol–water partition coefficient (Wildman–Crippen LogP) is 3.57. The molecule has 41 heavy (non-hydrogen) atoms. The van der Waals surface area contributed by atoms with Crippen LogP contribution in [0.3, 0.4) is 0 Å². The topological polar surface area (TPSA) is 125 Å². The van der Waals surface area contributed by atoms with Crippen LogP contribution in [0.2, 0.25) is 0 Å². The van der Waals surface area contributed by atoms with Crippen molar-refractivity contribution in [1.29, 1.82) is 0 Å². The number of carbonyl (C=O) groups excluding carboxylic acids is 4. The van der Waals surface area contributed by atoms with E-state index in [0.29, 0.717) is 24.0 Å². The molecule has 0 aromatic heterocycles. The van der Waals surface area contributed by atoms with Crippen LogP contribution in [0.15, 0.2) is 41.5 Å². The van der Waals surface area contributed by atoms with Gasteiger partial charge in [-0.2, -0.15) is 0 Å². The highest BCUT2D eigenvalue weighted by Crippen LogP contribution is 2.74. The normalized spacial score (nSPS) is 41.8. The van der Waals surface area contributed by atoms with E-state index in [4.69, 9.17) is 18.9 Å². The number of hydrogen-bond donors (Lipinski definition) is 1. The first-order valence-electron chi connectivity index (χ1n) is 14.4. The molecule has 1 spiro atoms. The van der Waals surface area contributed by atoms with Crippen LogP contribution in [0, 0.1) is 28.6 Å². The van der Waals surface area contributed by atoms with Crippen molar-refractivity contribution >= 4 is 23.7 Å². The fourth-order valence-electron chi connectivity index (χ4n) is 8.77. The second-order valence-corrected chi connectivity index (χ2v) is 13.3. The minimum absolute atomic E-state index is 0.00900. The maximum absolute atomic E-state index is 14.9. The lowest BCUT2D eigenvalue weighted by atomic mass is 9.48. The molecular weight excluding hydrogens is 528 g/mol. The van der Waals surface area contributed by atoms with Crippen molar-refractivity contribution in [3.8, 4) is 0 Å². The SMILES string of the molecule is CC(=O)O[C@H]1C(=O)[C@]23C[C@H]2C[C@H]2OCC2(OC(C)=O)[C@H]3[C@H](OC(=O)c2ccccc2)[C@]2(O)C[C@H](C)C(C)=C1C2(C)C. The highest BCUT2D eigenvalue weighted by atomic mass is 16.6. The van der Waals surface area contributed by atoms with E-state index in [1.54, 1.807) is 30.3 Å². The molecule has 5 aliphatic rings. The van der Waals surface area contributed by atoms with Crippen LogP contribution in [-0.4, -0.2) is 64.9 Å². The van der Waals surface area contributed by atoms with E-state index >= 15 is 0 Å². The van der Waals surface area contributed by atoms with Gasteiger partial charge in [-0.15, -0.1) is 0 Å². The Balaban J connectivity index is 1.62. The minimum Gasteiger partial charge on any atom is -0.455 e. The van der Waals surface area contributed by atoms with E-state index in [1.165, 1.54) is 13.8 Å². The van der Waals surface area contributed by atoms with Crippen LogP contribution in [0.25, 0.3) is 0 Å². The largest absolute Gasteiger partial charge is 0.455 e. The fourth-order valence-corrected chi connectivity index (χ4v) is 8.77. The highest BCUT2D eigenvalue weighted by Gasteiger charge is 2.84. The molecule has 9 nitrogen and oxygen atoms in total. The molecule has 1 aromatic rings. The Morgan fingerprint density at radius 1 is 1.02 bits per heavy atom. The number of allylic oxidation sites excluding steroid dienone is 1. The van der Waals surface area contributed by atoms with Gasteiger partial charge in [0.15, 0.2) is 17.5 Å². The summed E-state index contributed by atoms with van der Waals surface area (Å²) in [6, 6.07) is 8.51. The van der Waals surface area contributed by atoms with Crippen LogP contribution in [0.5, 0.6) is 0 Å². The number of esters is 3. The number of benzene rings is 1. The van der Waals surface area contributed by atoms with E-state index in [0.717, 1.165) is 5.57 Å². The lowest BCUT2D eigenvalue weighted by molar-refractivity contribution is -0.322. The van der Waals surface area contributed by atoms with Gasteiger partial charge in [0.05, 0.1) is 18.1 Å². The van der Waals surface area contributed by atoms with E-state index < -0.39 is 64.2 Å². The van der Waals surface area contributed by atoms with Gasteiger partial charge in [0, 0.05) is 24.7 Å². The summed E-state index contributed by atoms with van der Waals surface area (Å²) in [4.78, 5) is 53.7. The Hall–Kier alpha value is -3.04. The number of hydrogen-bond acceptors (Lipinski definition) is 9. The van der Waals surface area contributed by atoms with Crippen LogP contribution in [0.1, 0.15) is 71.2 Å². The summed E-state index contributed by atoms with van der Waals surface area (Å²) in [5, 5.41) is 13.0. The lowest BCUT2D eigenvalue weighted by Crippen LogP contribution is -2.77. The van der Waals surface area contributed by atoms with Crippen LogP contribution < -0.4 is 0 Å². The van der Waals surface area contributed by atoms with Crippen LogP contribution in [-0.2, 0) is 33.3 Å². The van der Waals surface area contributed by atoms with Crippen molar-refractivity contribution < 1.29 is 43.2 Å². The third kappa shape index (κ3) is 3.67. The lowest BCUT2D eigenvalue weighted by Gasteiger charge is -2.64. The van der Waals surface area contributed by atoms with Gasteiger partial charge in [-0.1, -0.05) is 44.5 Å². The number of fused-ring (bicyclic) bond motifs is 4. The summed E-state index contributed by atoms with van der Waals surface area (Å²) in [6.07, 6.45) is -1.84. The number of carbonyl (C=O) groups is 4. The third-order valence-electron chi connectivity index (χ3n) is 10.9. The summed E-state index contributed by atoms with van der Waals surface area (Å²) < 4.78 is 24.2. The summed E-state index contributed by atoms with van der Waals surface area (Å²) in [5.41, 5.74) is -3.59. The molecule has 4 fully saturated rings. The maximum atomic E-state index is 14.9. The molecule has 2 bridgehead atoms. The molecule has 220 valence electrons. The van der Waals surface area contributed by atoms with Crippen LogP contribution in [0.4, 0.5) is 0 Å². The molecule has 6 rings (SSSR count). The first-order valence-corrected chi connectivity index (χ1v) is 14.4. The Kier molecular flexibility index (Phi) is 6.15.